The monoisotopic (exact) mass is 287 g/mol. The number of carbonyl (C=O) groups excluding carboxylic acids is 1. The quantitative estimate of drug-likeness (QED) is 0.853. The number of para-hydroxylation sites is 1. The highest BCUT2D eigenvalue weighted by Crippen LogP contribution is 2.07. The third kappa shape index (κ3) is 4.41. The molecule has 0 saturated heterocycles. The fraction of sp³-hybridized carbons (Fsp3) is 0.438. The number of H-pyrrole nitrogens is 1. The van der Waals surface area contributed by atoms with Crippen molar-refractivity contribution in [1.82, 2.24) is 15.3 Å². The standard InChI is InChI=1S/C16H21N3O2/c1-11(2)10-17-15(20)9-5-8-14-18-13-7-4-3-6-12(13)16(21)19-14/h3-4,6-7,11H,5,8-10H2,1-2H3,(H,17,20)(H,18,19,21). The molecule has 0 aliphatic carbocycles. The molecular formula is C16H21N3O2. The zero-order chi connectivity index (χ0) is 15.2. The Morgan fingerprint density at radius 1 is 1.33 bits per heavy atom. The highest BCUT2D eigenvalue weighted by Gasteiger charge is 2.05. The van der Waals surface area contributed by atoms with E-state index in [2.05, 4.69) is 29.1 Å². The van der Waals surface area contributed by atoms with E-state index in [0.29, 0.717) is 48.5 Å². The lowest BCUT2D eigenvalue weighted by atomic mass is 10.2. The molecule has 21 heavy (non-hydrogen) atoms. The van der Waals surface area contributed by atoms with Crippen molar-refractivity contribution < 1.29 is 4.79 Å². The first-order valence-electron chi connectivity index (χ1n) is 7.31. The minimum atomic E-state index is -0.125. The third-order valence-corrected chi connectivity index (χ3v) is 3.19. The first-order chi connectivity index (χ1) is 10.1. The van der Waals surface area contributed by atoms with Crippen LogP contribution in [0, 0.1) is 5.92 Å². The summed E-state index contributed by atoms with van der Waals surface area (Å²) in [7, 11) is 0. The van der Waals surface area contributed by atoms with E-state index in [1.165, 1.54) is 0 Å². The van der Waals surface area contributed by atoms with Gasteiger partial charge in [-0.3, -0.25) is 9.59 Å². The van der Waals surface area contributed by atoms with Crippen LogP contribution in [0.1, 0.15) is 32.5 Å². The molecule has 5 nitrogen and oxygen atoms in total. The van der Waals surface area contributed by atoms with Crippen molar-refractivity contribution in [1.29, 1.82) is 0 Å². The molecule has 0 radical (unpaired) electrons. The van der Waals surface area contributed by atoms with Crippen LogP contribution in [0.2, 0.25) is 0 Å². The number of aromatic amines is 1. The van der Waals surface area contributed by atoms with Crippen LogP contribution < -0.4 is 10.9 Å². The Hall–Kier alpha value is -2.17. The van der Waals surface area contributed by atoms with Crippen molar-refractivity contribution in [2.45, 2.75) is 33.1 Å². The molecule has 0 spiro atoms. The molecule has 0 fully saturated rings. The molecule has 0 atom stereocenters. The van der Waals surface area contributed by atoms with Crippen LogP contribution in [-0.4, -0.2) is 22.4 Å². The largest absolute Gasteiger partial charge is 0.356 e. The van der Waals surface area contributed by atoms with Gasteiger partial charge in [0.1, 0.15) is 5.82 Å². The van der Waals surface area contributed by atoms with Crippen LogP contribution in [0.5, 0.6) is 0 Å². The first kappa shape index (κ1) is 15.2. The maximum absolute atomic E-state index is 11.9. The highest BCUT2D eigenvalue weighted by molar-refractivity contribution is 5.77. The number of amides is 1. The summed E-state index contributed by atoms with van der Waals surface area (Å²) in [6.45, 7) is 4.82. The van der Waals surface area contributed by atoms with Gasteiger partial charge in [0.15, 0.2) is 0 Å². The number of hydrogen-bond donors (Lipinski definition) is 2. The molecule has 112 valence electrons. The average molecular weight is 287 g/mol. The lowest BCUT2D eigenvalue weighted by Crippen LogP contribution is -2.27. The second-order valence-corrected chi connectivity index (χ2v) is 5.58. The van der Waals surface area contributed by atoms with Gasteiger partial charge in [0, 0.05) is 19.4 Å². The van der Waals surface area contributed by atoms with E-state index in [4.69, 9.17) is 0 Å². The molecule has 0 unspecified atom stereocenters. The van der Waals surface area contributed by atoms with Crippen molar-refractivity contribution in [3.8, 4) is 0 Å². The van der Waals surface area contributed by atoms with E-state index in [0.717, 1.165) is 0 Å². The van der Waals surface area contributed by atoms with Gasteiger partial charge in [-0.1, -0.05) is 26.0 Å². The second-order valence-electron chi connectivity index (χ2n) is 5.58. The molecule has 0 saturated carbocycles. The van der Waals surface area contributed by atoms with Gasteiger partial charge in [0.05, 0.1) is 10.9 Å². The summed E-state index contributed by atoms with van der Waals surface area (Å²) >= 11 is 0. The Morgan fingerprint density at radius 3 is 2.86 bits per heavy atom. The minimum absolute atomic E-state index is 0.0480. The summed E-state index contributed by atoms with van der Waals surface area (Å²) in [4.78, 5) is 30.7. The van der Waals surface area contributed by atoms with E-state index < -0.39 is 0 Å². The molecule has 1 aromatic heterocycles. The van der Waals surface area contributed by atoms with Crippen LogP contribution in [0.4, 0.5) is 0 Å². The highest BCUT2D eigenvalue weighted by atomic mass is 16.1. The summed E-state index contributed by atoms with van der Waals surface area (Å²) in [5.74, 6) is 1.13. The Bertz CT molecular complexity index is 677. The van der Waals surface area contributed by atoms with Crippen LogP contribution in [0.15, 0.2) is 29.1 Å². The maximum atomic E-state index is 11.9. The van der Waals surface area contributed by atoms with Crippen LogP contribution in [-0.2, 0) is 11.2 Å². The van der Waals surface area contributed by atoms with Gasteiger partial charge >= 0.3 is 0 Å². The second kappa shape index (κ2) is 7.02. The van der Waals surface area contributed by atoms with E-state index in [9.17, 15) is 9.59 Å². The fourth-order valence-corrected chi connectivity index (χ4v) is 2.08. The van der Waals surface area contributed by atoms with Gasteiger partial charge in [0.2, 0.25) is 5.91 Å². The van der Waals surface area contributed by atoms with Gasteiger partial charge in [-0.05, 0) is 24.5 Å². The average Bonchev–Trinajstić information content (AvgIpc) is 2.45. The topological polar surface area (TPSA) is 74.8 Å². The summed E-state index contributed by atoms with van der Waals surface area (Å²) in [6, 6.07) is 7.25. The van der Waals surface area contributed by atoms with E-state index in [1.807, 2.05) is 18.2 Å². The predicted molar refractivity (Wildman–Crippen MR) is 83.1 cm³/mol. The SMILES string of the molecule is CC(C)CNC(=O)CCCc1nc2ccccc2c(=O)[nH]1. The molecule has 1 heterocycles. The number of hydrogen-bond acceptors (Lipinski definition) is 3. The molecule has 0 bridgehead atoms. The number of nitrogens with zero attached hydrogens (tertiary/aromatic N) is 1. The fourth-order valence-electron chi connectivity index (χ4n) is 2.08. The summed E-state index contributed by atoms with van der Waals surface area (Å²) in [5.41, 5.74) is 0.570. The zero-order valence-electron chi connectivity index (χ0n) is 12.5. The summed E-state index contributed by atoms with van der Waals surface area (Å²) in [5, 5.41) is 3.47. The number of aromatic nitrogens is 2. The number of benzene rings is 1. The van der Waals surface area contributed by atoms with Crippen LogP contribution in [0.3, 0.4) is 0 Å². The molecule has 0 aliphatic heterocycles. The maximum Gasteiger partial charge on any atom is 0.258 e. The Balaban J connectivity index is 1.92. The minimum Gasteiger partial charge on any atom is -0.356 e. The van der Waals surface area contributed by atoms with Crippen molar-refractivity contribution in [2.75, 3.05) is 6.54 Å². The van der Waals surface area contributed by atoms with Gasteiger partial charge in [-0.2, -0.15) is 0 Å². The Morgan fingerprint density at radius 2 is 2.10 bits per heavy atom. The van der Waals surface area contributed by atoms with Gasteiger partial charge < -0.3 is 10.3 Å². The van der Waals surface area contributed by atoms with Crippen LogP contribution >= 0.6 is 0 Å². The number of nitrogens with one attached hydrogen (secondary N) is 2. The lowest BCUT2D eigenvalue weighted by molar-refractivity contribution is -0.121. The van der Waals surface area contributed by atoms with Gasteiger partial charge in [0.25, 0.3) is 5.56 Å². The molecule has 1 aromatic carbocycles. The predicted octanol–water partition coefficient (Wildman–Crippen LogP) is 2.02. The number of aryl methyl sites for hydroxylation is 1. The third-order valence-electron chi connectivity index (χ3n) is 3.19. The van der Waals surface area contributed by atoms with Gasteiger partial charge in [-0.25, -0.2) is 4.98 Å². The Labute approximate surface area is 123 Å². The molecule has 0 aliphatic rings. The molecule has 1 amide bonds. The Kier molecular flexibility index (Phi) is 5.09. The van der Waals surface area contributed by atoms with Crippen molar-refractivity contribution >= 4 is 16.8 Å². The van der Waals surface area contributed by atoms with Crippen molar-refractivity contribution in [3.05, 3.63) is 40.4 Å². The zero-order valence-corrected chi connectivity index (χ0v) is 12.5. The normalized spacial score (nSPS) is 11.0. The smallest absolute Gasteiger partial charge is 0.258 e. The molecule has 2 rings (SSSR count). The van der Waals surface area contributed by atoms with Crippen molar-refractivity contribution in [3.63, 3.8) is 0 Å². The molecule has 5 heteroatoms. The first-order valence-corrected chi connectivity index (χ1v) is 7.31. The molecular weight excluding hydrogens is 266 g/mol. The number of rotatable bonds is 6. The lowest BCUT2D eigenvalue weighted by Gasteiger charge is -2.07. The number of fused-ring (bicyclic) bond motifs is 1. The molecule has 2 N–H and O–H groups in total. The summed E-state index contributed by atoms with van der Waals surface area (Å²) < 4.78 is 0. The summed E-state index contributed by atoms with van der Waals surface area (Å²) in [6.07, 6.45) is 1.71. The van der Waals surface area contributed by atoms with Crippen LogP contribution in [0.25, 0.3) is 10.9 Å². The number of carbonyl (C=O) groups is 1. The van der Waals surface area contributed by atoms with E-state index >= 15 is 0 Å². The van der Waals surface area contributed by atoms with Crippen molar-refractivity contribution in [2.24, 2.45) is 5.92 Å². The van der Waals surface area contributed by atoms with E-state index in [1.54, 1.807) is 6.07 Å². The van der Waals surface area contributed by atoms with Gasteiger partial charge in [-0.15, -0.1) is 0 Å². The van der Waals surface area contributed by atoms with E-state index in [-0.39, 0.29) is 11.5 Å². The molecule has 2 aromatic rings.